The molecule has 0 spiro atoms. The third-order valence-electron chi connectivity index (χ3n) is 7.24. The van der Waals surface area contributed by atoms with Gasteiger partial charge in [0.05, 0.1) is 11.4 Å². The van der Waals surface area contributed by atoms with Crippen molar-refractivity contribution in [3.8, 4) is 5.75 Å². The van der Waals surface area contributed by atoms with Crippen LogP contribution in [-0.4, -0.2) is 47.2 Å². The molecule has 2 aromatic heterocycles. The van der Waals surface area contributed by atoms with E-state index < -0.39 is 6.36 Å². The quantitative estimate of drug-likeness (QED) is 0.192. The molecule has 0 aliphatic carbocycles. The number of Topliss-reactive ketones (excluding diaryl/α,β-unsaturated/α-hetero) is 1. The second kappa shape index (κ2) is 10.8. The number of piperazine rings is 1. The molecule has 6 nitrogen and oxygen atoms in total. The van der Waals surface area contributed by atoms with Crippen molar-refractivity contribution in [3.05, 3.63) is 89.1 Å². The minimum atomic E-state index is -4.73. The first-order valence-electron chi connectivity index (χ1n) is 13.1. The zero-order chi connectivity index (χ0) is 28.6. The summed E-state index contributed by atoms with van der Waals surface area (Å²) < 4.78 is 58.3. The van der Waals surface area contributed by atoms with Gasteiger partial charge in [-0.15, -0.1) is 13.2 Å². The molecular formula is C30H30F4N4O2. The molecule has 210 valence electrons. The summed E-state index contributed by atoms with van der Waals surface area (Å²) in [6, 6.07) is 14.7. The summed E-state index contributed by atoms with van der Waals surface area (Å²) in [5, 5.41) is 0. The molecule has 0 bridgehead atoms. The number of ether oxygens (including phenoxy) is 1. The molecule has 1 saturated heterocycles. The molecule has 0 radical (unpaired) electrons. The number of anilines is 2. The number of pyridine rings is 1. The number of alkyl halides is 3. The molecule has 3 heterocycles. The van der Waals surface area contributed by atoms with Crippen LogP contribution in [0.3, 0.4) is 0 Å². The number of hydrogen-bond donors (Lipinski definition) is 0. The number of hydrogen-bond acceptors (Lipinski definition) is 5. The Morgan fingerprint density at radius 3 is 2.48 bits per heavy atom. The van der Waals surface area contributed by atoms with E-state index in [-0.39, 0.29) is 29.8 Å². The predicted octanol–water partition coefficient (Wildman–Crippen LogP) is 6.52. The van der Waals surface area contributed by atoms with Crippen LogP contribution >= 0.6 is 0 Å². The van der Waals surface area contributed by atoms with Crippen molar-refractivity contribution < 1.29 is 27.1 Å². The number of carbonyl (C=O) groups excluding carboxylic acids is 1. The lowest BCUT2D eigenvalue weighted by Gasteiger charge is -2.42. The lowest BCUT2D eigenvalue weighted by molar-refractivity contribution is -0.274. The van der Waals surface area contributed by atoms with E-state index in [0.717, 1.165) is 22.5 Å². The van der Waals surface area contributed by atoms with Crippen LogP contribution in [0.5, 0.6) is 5.75 Å². The summed E-state index contributed by atoms with van der Waals surface area (Å²) >= 11 is 0. The Hall–Kier alpha value is -4.08. The highest BCUT2D eigenvalue weighted by atomic mass is 19.4. The van der Waals surface area contributed by atoms with Gasteiger partial charge in [-0.25, -0.2) is 9.37 Å². The minimum Gasteiger partial charge on any atom is -0.406 e. The second-order valence-corrected chi connectivity index (χ2v) is 10.2. The van der Waals surface area contributed by atoms with Gasteiger partial charge in [0.2, 0.25) is 0 Å². The Morgan fingerprint density at radius 1 is 1.05 bits per heavy atom. The van der Waals surface area contributed by atoms with Gasteiger partial charge in [0.15, 0.2) is 5.78 Å². The molecule has 1 atom stereocenters. The van der Waals surface area contributed by atoms with E-state index in [9.17, 15) is 18.0 Å². The summed E-state index contributed by atoms with van der Waals surface area (Å²) in [5.41, 5.74) is 5.04. The van der Waals surface area contributed by atoms with E-state index in [1.54, 1.807) is 22.6 Å². The van der Waals surface area contributed by atoms with E-state index in [2.05, 4.69) is 14.6 Å². The number of nitrogens with zero attached hydrogens (tertiary/aromatic N) is 4. The normalized spacial score (nSPS) is 16.0. The highest BCUT2D eigenvalue weighted by Crippen LogP contribution is 2.30. The van der Waals surface area contributed by atoms with Gasteiger partial charge in [0.1, 0.15) is 22.9 Å². The number of rotatable bonds is 7. The molecular weight excluding hydrogens is 524 g/mol. The van der Waals surface area contributed by atoms with Crippen molar-refractivity contribution in [2.75, 3.05) is 29.4 Å². The topological polar surface area (TPSA) is 50.1 Å². The molecule has 0 amide bonds. The largest absolute Gasteiger partial charge is 0.573 e. The van der Waals surface area contributed by atoms with Gasteiger partial charge in [0.25, 0.3) is 0 Å². The van der Waals surface area contributed by atoms with Gasteiger partial charge >= 0.3 is 6.36 Å². The van der Waals surface area contributed by atoms with Crippen LogP contribution in [0.4, 0.5) is 28.9 Å². The van der Waals surface area contributed by atoms with Gasteiger partial charge in [-0.2, -0.15) is 0 Å². The fourth-order valence-electron chi connectivity index (χ4n) is 5.34. The van der Waals surface area contributed by atoms with Gasteiger partial charge < -0.3 is 14.5 Å². The van der Waals surface area contributed by atoms with E-state index in [1.807, 2.05) is 50.1 Å². The summed E-state index contributed by atoms with van der Waals surface area (Å²) in [6.07, 6.45) is -2.23. The van der Waals surface area contributed by atoms with E-state index >= 15 is 4.39 Å². The zero-order valence-electron chi connectivity index (χ0n) is 22.5. The van der Waals surface area contributed by atoms with Crippen molar-refractivity contribution in [2.24, 2.45) is 0 Å². The molecule has 5 rings (SSSR count). The Labute approximate surface area is 229 Å². The van der Waals surface area contributed by atoms with E-state index in [4.69, 9.17) is 0 Å². The van der Waals surface area contributed by atoms with Crippen molar-refractivity contribution in [1.82, 2.24) is 9.38 Å². The molecule has 0 saturated carbocycles. The first-order chi connectivity index (χ1) is 19.0. The molecule has 1 aliphatic heterocycles. The minimum absolute atomic E-state index is 0.00246. The number of benzene rings is 2. The number of carbonyl (C=O) groups is 1. The molecule has 1 aliphatic rings. The van der Waals surface area contributed by atoms with E-state index in [0.29, 0.717) is 43.1 Å². The van der Waals surface area contributed by atoms with Gasteiger partial charge in [-0.05, 0) is 86.8 Å². The summed E-state index contributed by atoms with van der Waals surface area (Å²) in [5.74, 6) is -0.655. The maximum Gasteiger partial charge on any atom is 0.573 e. The van der Waals surface area contributed by atoms with Crippen molar-refractivity contribution in [3.63, 3.8) is 0 Å². The molecule has 40 heavy (non-hydrogen) atoms. The van der Waals surface area contributed by atoms with Crippen LogP contribution in [0.1, 0.15) is 40.7 Å². The van der Waals surface area contributed by atoms with Crippen molar-refractivity contribution in [2.45, 2.75) is 46.0 Å². The fraction of sp³-hybridized carbons (Fsp3) is 0.333. The number of aryl methyl sites for hydroxylation is 3. The molecule has 0 N–H and O–H groups in total. The Balaban J connectivity index is 1.21. The number of fused-ring (bicyclic) bond motifs is 1. The molecule has 10 heteroatoms. The summed E-state index contributed by atoms with van der Waals surface area (Å²) in [7, 11) is 0. The monoisotopic (exact) mass is 554 g/mol. The van der Waals surface area contributed by atoms with Gasteiger partial charge in [-0.1, -0.05) is 6.07 Å². The fourth-order valence-corrected chi connectivity index (χ4v) is 5.34. The number of halogens is 4. The third-order valence-corrected chi connectivity index (χ3v) is 7.24. The maximum absolute atomic E-state index is 15.2. The first-order valence-corrected chi connectivity index (χ1v) is 13.1. The number of imidazole rings is 1. The zero-order valence-corrected chi connectivity index (χ0v) is 22.5. The Morgan fingerprint density at radius 2 is 1.80 bits per heavy atom. The van der Waals surface area contributed by atoms with E-state index in [1.165, 1.54) is 18.2 Å². The van der Waals surface area contributed by atoms with Crippen LogP contribution in [-0.2, 0) is 6.42 Å². The Bertz CT molecular complexity index is 1530. The SMILES string of the molecule is Cc1ccn2c(C(=O)CCc3ccc(N4CCN(c5ccc(OC(F)(F)F)cc5)[C@@H](C)C4)c(F)c3)c(C)nc2c1. The molecule has 1 fully saturated rings. The van der Waals surface area contributed by atoms with Crippen LogP contribution in [0.25, 0.3) is 5.65 Å². The van der Waals surface area contributed by atoms with Crippen LogP contribution < -0.4 is 14.5 Å². The highest BCUT2D eigenvalue weighted by molar-refractivity contribution is 5.96. The third kappa shape index (κ3) is 5.90. The number of aromatic nitrogens is 2. The summed E-state index contributed by atoms with van der Waals surface area (Å²) in [4.78, 5) is 21.6. The van der Waals surface area contributed by atoms with Crippen LogP contribution in [0.2, 0.25) is 0 Å². The van der Waals surface area contributed by atoms with Gasteiger partial charge in [-0.3, -0.25) is 9.20 Å². The second-order valence-electron chi connectivity index (χ2n) is 10.2. The lowest BCUT2D eigenvalue weighted by Crippen LogP contribution is -2.52. The lowest BCUT2D eigenvalue weighted by atomic mass is 10.0. The average Bonchev–Trinajstić information content (AvgIpc) is 3.21. The van der Waals surface area contributed by atoms with Crippen LogP contribution in [0, 0.1) is 19.7 Å². The summed E-state index contributed by atoms with van der Waals surface area (Å²) in [6.45, 7) is 7.46. The molecule has 2 aromatic carbocycles. The Kier molecular flexibility index (Phi) is 7.44. The van der Waals surface area contributed by atoms with Gasteiger partial charge in [0, 0.05) is 44.0 Å². The molecule has 0 unspecified atom stereocenters. The predicted molar refractivity (Wildman–Crippen MR) is 146 cm³/mol. The van der Waals surface area contributed by atoms with Crippen LogP contribution in [0.15, 0.2) is 60.8 Å². The smallest absolute Gasteiger partial charge is 0.406 e. The van der Waals surface area contributed by atoms with Crippen molar-refractivity contribution >= 4 is 22.8 Å². The molecule has 4 aromatic rings. The van der Waals surface area contributed by atoms with Crippen molar-refractivity contribution in [1.29, 1.82) is 0 Å². The number of ketones is 1. The maximum atomic E-state index is 15.2. The average molecular weight is 555 g/mol. The standard InChI is InChI=1S/C30H30F4N4O2/c1-19-12-13-38-28(16-19)35-21(3)29(38)27(39)11-5-22-4-10-26(25(31)17-22)36-14-15-37(20(2)18-36)23-6-8-24(9-7-23)40-30(32,33)34/h4,6-10,12-13,16-17,20H,5,11,14-15,18H2,1-3H3/t20-/m0/s1. The highest BCUT2D eigenvalue weighted by Gasteiger charge is 2.31. The first kappa shape index (κ1) is 27.5.